The van der Waals surface area contributed by atoms with Gasteiger partial charge >= 0.3 is 6.09 Å². The van der Waals surface area contributed by atoms with Gasteiger partial charge in [-0.05, 0) is 63.8 Å². The molecular formula is C18H25FN2O2. The smallest absolute Gasteiger partial charge is 0.410 e. The summed E-state index contributed by atoms with van der Waals surface area (Å²) in [6.45, 7) is 8.03. The van der Waals surface area contributed by atoms with Crippen molar-refractivity contribution in [2.75, 3.05) is 24.5 Å². The number of hydrogen-bond donors (Lipinski definition) is 0. The van der Waals surface area contributed by atoms with Gasteiger partial charge in [-0.15, -0.1) is 0 Å². The fourth-order valence-corrected chi connectivity index (χ4v) is 3.46. The van der Waals surface area contributed by atoms with Gasteiger partial charge in [0.2, 0.25) is 0 Å². The fraction of sp³-hybridized carbons (Fsp3) is 0.611. The van der Waals surface area contributed by atoms with E-state index in [0.29, 0.717) is 19.1 Å². The molecule has 0 aromatic heterocycles. The zero-order valence-corrected chi connectivity index (χ0v) is 14.1. The van der Waals surface area contributed by atoms with E-state index in [-0.39, 0.29) is 11.9 Å². The van der Waals surface area contributed by atoms with Crippen LogP contribution in [0.4, 0.5) is 14.9 Å². The summed E-state index contributed by atoms with van der Waals surface area (Å²) in [5.74, 6) is -0.162. The minimum absolute atomic E-state index is 0.162. The van der Waals surface area contributed by atoms with Crippen molar-refractivity contribution in [1.82, 2.24) is 4.90 Å². The Labute approximate surface area is 137 Å². The van der Waals surface area contributed by atoms with Crippen LogP contribution in [-0.4, -0.2) is 42.3 Å². The lowest BCUT2D eigenvalue weighted by Crippen LogP contribution is -2.47. The molecular weight excluding hydrogens is 295 g/mol. The first kappa shape index (κ1) is 16.1. The van der Waals surface area contributed by atoms with Crippen molar-refractivity contribution in [2.45, 2.75) is 51.7 Å². The number of halogens is 1. The number of rotatable bonds is 1. The lowest BCUT2D eigenvalue weighted by atomic mass is 10.0. The molecule has 23 heavy (non-hydrogen) atoms. The molecule has 0 atom stereocenters. The molecule has 2 aliphatic heterocycles. The summed E-state index contributed by atoms with van der Waals surface area (Å²) in [6.07, 6.45) is 2.53. The third kappa shape index (κ3) is 3.59. The first-order valence-electron chi connectivity index (χ1n) is 8.36. The molecule has 0 bridgehead atoms. The van der Waals surface area contributed by atoms with Crippen molar-refractivity contribution in [3.8, 4) is 0 Å². The van der Waals surface area contributed by atoms with Crippen LogP contribution in [0, 0.1) is 5.82 Å². The number of fused-ring (bicyclic) bond motifs is 1. The van der Waals surface area contributed by atoms with Crippen molar-refractivity contribution in [3.05, 3.63) is 29.6 Å². The third-order valence-electron chi connectivity index (χ3n) is 4.53. The Morgan fingerprint density at radius 1 is 1.22 bits per heavy atom. The second-order valence-corrected chi connectivity index (χ2v) is 7.41. The topological polar surface area (TPSA) is 32.8 Å². The molecule has 1 aromatic rings. The van der Waals surface area contributed by atoms with E-state index in [1.165, 1.54) is 6.07 Å². The minimum Gasteiger partial charge on any atom is -0.444 e. The van der Waals surface area contributed by atoms with Crippen LogP contribution in [-0.2, 0) is 11.2 Å². The molecule has 1 saturated heterocycles. The van der Waals surface area contributed by atoms with Crippen LogP contribution < -0.4 is 4.90 Å². The van der Waals surface area contributed by atoms with Crippen molar-refractivity contribution in [2.24, 2.45) is 0 Å². The van der Waals surface area contributed by atoms with Crippen LogP contribution in [0.15, 0.2) is 18.2 Å². The molecule has 0 aliphatic carbocycles. The van der Waals surface area contributed by atoms with E-state index in [1.807, 2.05) is 26.8 Å². The Bertz CT molecular complexity index is 589. The Hall–Kier alpha value is -1.78. The van der Waals surface area contributed by atoms with E-state index in [0.717, 1.165) is 37.1 Å². The standard InChI is InChI=1S/C18H25FN2O2/c1-18(2,3)23-17(22)20-9-7-15(8-10-20)21-11-6-13-12-14(19)4-5-16(13)21/h4-5,12,15H,6-11H2,1-3H3. The van der Waals surface area contributed by atoms with E-state index in [1.54, 1.807) is 11.0 Å². The summed E-state index contributed by atoms with van der Waals surface area (Å²) < 4.78 is 18.8. The van der Waals surface area contributed by atoms with Crippen molar-refractivity contribution in [1.29, 1.82) is 0 Å². The molecule has 5 heteroatoms. The third-order valence-corrected chi connectivity index (χ3v) is 4.53. The lowest BCUT2D eigenvalue weighted by molar-refractivity contribution is 0.0205. The quantitative estimate of drug-likeness (QED) is 0.793. The predicted molar refractivity (Wildman–Crippen MR) is 88.3 cm³/mol. The van der Waals surface area contributed by atoms with Crippen LogP contribution in [0.3, 0.4) is 0 Å². The van der Waals surface area contributed by atoms with Crippen molar-refractivity contribution >= 4 is 11.8 Å². The van der Waals surface area contributed by atoms with Gasteiger partial charge in [0.25, 0.3) is 0 Å². The molecule has 4 nitrogen and oxygen atoms in total. The molecule has 0 N–H and O–H groups in total. The number of nitrogens with zero attached hydrogens (tertiary/aromatic N) is 2. The number of hydrogen-bond acceptors (Lipinski definition) is 3. The first-order valence-corrected chi connectivity index (χ1v) is 8.36. The van der Waals surface area contributed by atoms with Gasteiger partial charge in [0.1, 0.15) is 11.4 Å². The molecule has 0 radical (unpaired) electrons. The normalized spacial score (nSPS) is 19.0. The summed E-state index contributed by atoms with van der Waals surface area (Å²) >= 11 is 0. The van der Waals surface area contributed by atoms with Gasteiger partial charge in [0.05, 0.1) is 0 Å². The van der Waals surface area contributed by atoms with Crippen molar-refractivity contribution < 1.29 is 13.9 Å². The molecule has 1 aromatic carbocycles. The lowest BCUT2D eigenvalue weighted by Gasteiger charge is -2.38. The van der Waals surface area contributed by atoms with Crippen LogP contribution in [0.5, 0.6) is 0 Å². The highest BCUT2D eigenvalue weighted by Crippen LogP contribution is 2.33. The van der Waals surface area contributed by atoms with E-state index in [9.17, 15) is 9.18 Å². The molecule has 126 valence electrons. The summed E-state index contributed by atoms with van der Waals surface area (Å²) in [5.41, 5.74) is 1.80. The first-order chi connectivity index (χ1) is 10.8. The summed E-state index contributed by atoms with van der Waals surface area (Å²) in [4.78, 5) is 16.3. The van der Waals surface area contributed by atoms with Crippen LogP contribution in [0.2, 0.25) is 0 Å². The number of likely N-dealkylation sites (tertiary alicyclic amines) is 1. The number of carbonyl (C=O) groups is 1. The number of ether oxygens (including phenoxy) is 1. The van der Waals surface area contributed by atoms with Gasteiger partial charge in [-0.25, -0.2) is 9.18 Å². The van der Waals surface area contributed by atoms with Gasteiger partial charge < -0.3 is 14.5 Å². The second-order valence-electron chi connectivity index (χ2n) is 7.41. The molecule has 1 amide bonds. The Morgan fingerprint density at radius 2 is 1.91 bits per heavy atom. The fourth-order valence-electron chi connectivity index (χ4n) is 3.46. The number of anilines is 1. The maximum absolute atomic E-state index is 13.3. The van der Waals surface area contributed by atoms with Gasteiger partial charge in [-0.3, -0.25) is 0 Å². The van der Waals surface area contributed by atoms with E-state index in [2.05, 4.69) is 4.90 Å². The highest BCUT2D eigenvalue weighted by atomic mass is 19.1. The van der Waals surface area contributed by atoms with E-state index in [4.69, 9.17) is 4.74 Å². The van der Waals surface area contributed by atoms with E-state index >= 15 is 0 Å². The summed E-state index contributed by atoms with van der Waals surface area (Å²) in [7, 11) is 0. The van der Waals surface area contributed by atoms with Crippen LogP contribution in [0.25, 0.3) is 0 Å². The Morgan fingerprint density at radius 3 is 2.57 bits per heavy atom. The van der Waals surface area contributed by atoms with Gasteiger partial charge in [0.15, 0.2) is 0 Å². The second kappa shape index (κ2) is 6.02. The van der Waals surface area contributed by atoms with Gasteiger partial charge in [-0.1, -0.05) is 0 Å². The predicted octanol–water partition coefficient (Wildman–Crippen LogP) is 3.59. The van der Waals surface area contributed by atoms with Gasteiger partial charge in [0, 0.05) is 31.4 Å². The maximum atomic E-state index is 13.3. The zero-order valence-electron chi connectivity index (χ0n) is 14.1. The summed E-state index contributed by atoms with van der Waals surface area (Å²) in [5, 5.41) is 0. The maximum Gasteiger partial charge on any atom is 0.410 e. The molecule has 3 rings (SSSR count). The molecule has 0 spiro atoms. The van der Waals surface area contributed by atoms with Gasteiger partial charge in [-0.2, -0.15) is 0 Å². The summed E-state index contributed by atoms with van der Waals surface area (Å²) in [6, 6.07) is 5.48. The number of carbonyl (C=O) groups excluding carboxylic acids is 1. The number of benzene rings is 1. The molecule has 2 heterocycles. The number of amides is 1. The highest BCUT2D eigenvalue weighted by molar-refractivity contribution is 5.68. The molecule has 2 aliphatic rings. The largest absolute Gasteiger partial charge is 0.444 e. The minimum atomic E-state index is -0.452. The zero-order chi connectivity index (χ0) is 16.6. The average Bonchev–Trinajstić information content (AvgIpc) is 2.88. The molecule has 0 unspecified atom stereocenters. The highest BCUT2D eigenvalue weighted by Gasteiger charge is 2.32. The Kier molecular flexibility index (Phi) is 4.21. The monoisotopic (exact) mass is 320 g/mol. The SMILES string of the molecule is CC(C)(C)OC(=O)N1CCC(N2CCc3cc(F)ccc32)CC1. The van der Waals surface area contributed by atoms with Crippen LogP contribution >= 0.6 is 0 Å². The number of piperidine rings is 1. The molecule has 1 fully saturated rings. The average molecular weight is 320 g/mol. The Balaban J connectivity index is 1.59. The van der Waals surface area contributed by atoms with E-state index < -0.39 is 5.60 Å². The van der Waals surface area contributed by atoms with Crippen molar-refractivity contribution in [3.63, 3.8) is 0 Å². The molecule has 0 saturated carbocycles. The van der Waals surface area contributed by atoms with Crippen LogP contribution in [0.1, 0.15) is 39.2 Å².